The maximum Gasteiger partial charge on any atom is 0.191 e. The van der Waals surface area contributed by atoms with Crippen LogP contribution >= 0.6 is 35.3 Å². The summed E-state index contributed by atoms with van der Waals surface area (Å²) in [5.74, 6) is 0.892. The van der Waals surface area contributed by atoms with Gasteiger partial charge in [-0.05, 0) is 38.9 Å². The van der Waals surface area contributed by atoms with E-state index in [0.29, 0.717) is 0 Å². The Morgan fingerprint density at radius 1 is 1.26 bits per heavy atom. The maximum absolute atomic E-state index is 4.30. The smallest absolute Gasteiger partial charge is 0.191 e. The van der Waals surface area contributed by atoms with Gasteiger partial charge in [-0.15, -0.1) is 35.3 Å². The number of aryl methyl sites for hydroxylation is 1. The van der Waals surface area contributed by atoms with Gasteiger partial charge in [-0.25, -0.2) is 0 Å². The highest BCUT2D eigenvalue weighted by atomic mass is 127. The van der Waals surface area contributed by atoms with Crippen LogP contribution < -0.4 is 10.6 Å². The number of likely N-dealkylation sites (N-methyl/N-ethyl adjacent to an activating group) is 1. The molecule has 0 radical (unpaired) electrons. The summed E-state index contributed by atoms with van der Waals surface area (Å²) in [6.07, 6.45) is 6.93. The van der Waals surface area contributed by atoms with Gasteiger partial charge in [-0.1, -0.05) is 19.3 Å². The molecule has 1 saturated carbocycles. The summed E-state index contributed by atoms with van der Waals surface area (Å²) in [7, 11) is 4.09. The first-order chi connectivity index (χ1) is 10.7. The summed E-state index contributed by atoms with van der Waals surface area (Å²) >= 11 is 1.83. The highest BCUT2D eigenvalue weighted by Gasteiger charge is 2.17. The van der Waals surface area contributed by atoms with Crippen LogP contribution in [0.25, 0.3) is 0 Å². The molecule has 0 aliphatic heterocycles. The van der Waals surface area contributed by atoms with Crippen molar-refractivity contribution in [1.29, 1.82) is 0 Å². The third-order valence-corrected chi connectivity index (χ3v) is 5.41. The lowest BCUT2D eigenvalue weighted by Gasteiger charge is -2.31. The average molecular weight is 450 g/mol. The zero-order valence-electron chi connectivity index (χ0n) is 14.6. The molecular formula is C17H31IN4S. The first kappa shape index (κ1) is 20.7. The molecule has 6 heteroatoms. The molecule has 0 atom stereocenters. The predicted molar refractivity (Wildman–Crippen MR) is 112 cm³/mol. The lowest BCUT2D eigenvalue weighted by molar-refractivity contribution is 0.194. The van der Waals surface area contributed by atoms with E-state index < -0.39 is 0 Å². The third kappa shape index (κ3) is 7.39. The molecule has 2 rings (SSSR count). The van der Waals surface area contributed by atoms with Gasteiger partial charge in [0.05, 0.1) is 6.54 Å². The SMILES string of the molecule is CN=C(NCCN(C)C1CCCCC1)NCc1ccc(C)s1.I. The molecule has 2 N–H and O–H groups in total. The number of rotatable bonds is 6. The Bertz CT molecular complexity index is 469. The average Bonchev–Trinajstić information content (AvgIpc) is 2.96. The fraction of sp³-hybridized carbons (Fsp3) is 0.706. The second-order valence-electron chi connectivity index (χ2n) is 6.14. The van der Waals surface area contributed by atoms with Crippen LogP contribution in [-0.2, 0) is 6.54 Å². The second-order valence-corrected chi connectivity index (χ2v) is 7.51. The fourth-order valence-corrected chi connectivity index (χ4v) is 3.86. The third-order valence-electron chi connectivity index (χ3n) is 4.40. The minimum atomic E-state index is 0. The number of nitrogens with one attached hydrogen (secondary N) is 2. The van der Waals surface area contributed by atoms with E-state index in [9.17, 15) is 0 Å². The molecule has 1 aromatic rings. The molecule has 1 heterocycles. The normalized spacial score (nSPS) is 16.3. The molecule has 1 aromatic heterocycles. The van der Waals surface area contributed by atoms with Crippen LogP contribution in [0.2, 0.25) is 0 Å². The second kappa shape index (κ2) is 11.3. The number of thiophene rings is 1. The van der Waals surface area contributed by atoms with Crippen molar-refractivity contribution in [3.8, 4) is 0 Å². The van der Waals surface area contributed by atoms with E-state index >= 15 is 0 Å². The van der Waals surface area contributed by atoms with Crippen molar-refractivity contribution >= 4 is 41.3 Å². The molecule has 0 spiro atoms. The largest absolute Gasteiger partial charge is 0.355 e. The number of aliphatic imine (C=N–C) groups is 1. The quantitative estimate of drug-likeness (QED) is 0.395. The number of hydrogen-bond donors (Lipinski definition) is 2. The van der Waals surface area contributed by atoms with Gasteiger partial charge in [0.15, 0.2) is 5.96 Å². The number of halogens is 1. The van der Waals surface area contributed by atoms with E-state index in [1.807, 2.05) is 18.4 Å². The molecule has 1 fully saturated rings. The molecule has 0 amide bonds. The molecule has 23 heavy (non-hydrogen) atoms. The van der Waals surface area contributed by atoms with Gasteiger partial charge in [0.2, 0.25) is 0 Å². The molecule has 1 aliphatic carbocycles. The Balaban J connectivity index is 0.00000264. The minimum absolute atomic E-state index is 0. The Morgan fingerprint density at radius 3 is 2.61 bits per heavy atom. The summed E-state index contributed by atoms with van der Waals surface area (Å²) in [6, 6.07) is 5.12. The van der Waals surface area contributed by atoms with Crippen molar-refractivity contribution in [2.75, 3.05) is 27.2 Å². The first-order valence-corrected chi connectivity index (χ1v) is 9.21. The van der Waals surface area contributed by atoms with Gasteiger partial charge in [0, 0.05) is 35.9 Å². The van der Waals surface area contributed by atoms with E-state index in [1.165, 1.54) is 41.9 Å². The molecule has 0 unspecified atom stereocenters. The molecule has 0 bridgehead atoms. The van der Waals surface area contributed by atoms with Gasteiger partial charge in [-0.3, -0.25) is 4.99 Å². The highest BCUT2D eigenvalue weighted by molar-refractivity contribution is 14.0. The highest BCUT2D eigenvalue weighted by Crippen LogP contribution is 2.21. The lowest BCUT2D eigenvalue weighted by atomic mass is 9.94. The van der Waals surface area contributed by atoms with Crippen molar-refractivity contribution in [3.63, 3.8) is 0 Å². The van der Waals surface area contributed by atoms with E-state index in [-0.39, 0.29) is 24.0 Å². The number of guanidine groups is 1. The van der Waals surface area contributed by atoms with E-state index in [2.05, 4.69) is 46.6 Å². The lowest BCUT2D eigenvalue weighted by Crippen LogP contribution is -2.43. The van der Waals surface area contributed by atoms with Gasteiger partial charge >= 0.3 is 0 Å². The molecule has 4 nitrogen and oxygen atoms in total. The summed E-state index contributed by atoms with van der Waals surface area (Å²) < 4.78 is 0. The molecule has 0 saturated heterocycles. The maximum atomic E-state index is 4.30. The van der Waals surface area contributed by atoms with Gasteiger partial charge < -0.3 is 15.5 Å². The minimum Gasteiger partial charge on any atom is -0.355 e. The van der Waals surface area contributed by atoms with Gasteiger partial charge in [-0.2, -0.15) is 0 Å². The zero-order chi connectivity index (χ0) is 15.8. The first-order valence-electron chi connectivity index (χ1n) is 8.39. The van der Waals surface area contributed by atoms with Crippen LogP contribution in [0.3, 0.4) is 0 Å². The van der Waals surface area contributed by atoms with Crippen LogP contribution in [0.5, 0.6) is 0 Å². The van der Waals surface area contributed by atoms with Crippen molar-refractivity contribution in [2.24, 2.45) is 4.99 Å². The summed E-state index contributed by atoms with van der Waals surface area (Å²) in [4.78, 5) is 9.50. The predicted octanol–water partition coefficient (Wildman–Crippen LogP) is 3.60. The Labute approximate surface area is 162 Å². The van der Waals surface area contributed by atoms with Crippen LogP contribution in [-0.4, -0.2) is 44.1 Å². The van der Waals surface area contributed by atoms with Gasteiger partial charge in [0.25, 0.3) is 0 Å². The fourth-order valence-electron chi connectivity index (χ4n) is 3.03. The van der Waals surface area contributed by atoms with Crippen LogP contribution in [0.15, 0.2) is 17.1 Å². The van der Waals surface area contributed by atoms with E-state index in [0.717, 1.165) is 31.6 Å². The molecule has 1 aliphatic rings. The Hall–Kier alpha value is -0.340. The summed E-state index contributed by atoms with van der Waals surface area (Å²) in [5, 5.41) is 6.80. The Morgan fingerprint density at radius 2 is 2.00 bits per heavy atom. The van der Waals surface area contributed by atoms with E-state index in [1.54, 1.807) is 0 Å². The topological polar surface area (TPSA) is 39.7 Å². The molecular weight excluding hydrogens is 419 g/mol. The van der Waals surface area contributed by atoms with Crippen LogP contribution in [0, 0.1) is 6.92 Å². The van der Waals surface area contributed by atoms with Crippen molar-refractivity contribution < 1.29 is 0 Å². The monoisotopic (exact) mass is 450 g/mol. The summed E-state index contributed by atoms with van der Waals surface area (Å²) in [6.45, 7) is 5.00. The van der Waals surface area contributed by atoms with Crippen LogP contribution in [0.1, 0.15) is 41.9 Å². The number of hydrogen-bond acceptors (Lipinski definition) is 3. The molecule has 132 valence electrons. The van der Waals surface area contributed by atoms with Gasteiger partial charge in [0.1, 0.15) is 0 Å². The summed E-state index contributed by atoms with van der Waals surface area (Å²) in [5.41, 5.74) is 0. The van der Waals surface area contributed by atoms with Crippen molar-refractivity contribution in [3.05, 3.63) is 21.9 Å². The Kier molecular flexibility index (Phi) is 10.1. The number of nitrogens with zero attached hydrogens (tertiary/aromatic N) is 2. The molecule has 0 aromatic carbocycles. The zero-order valence-corrected chi connectivity index (χ0v) is 17.7. The van der Waals surface area contributed by atoms with E-state index in [4.69, 9.17) is 0 Å². The van der Waals surface area contributed by atoms with Crippen molar-refractivity contribution in [2.45, 2.75) is 51.6 Å². The standard InChI is InChI=1S/C17H30N4S.HI/c1-14-9-10-16(22-14)13-20-17(18-2)19-11-12-21(3)15-7-5-4-6-8-15;/h9-10,15H,4-8,11-13H2,1-3H3,(H2,18,19,20);1H. The van der Waals surface area contributed by atoms with Crippen LogP contribution in [0.4, 0.5) is 0 Å². The van der Waals surface area contributed by atoms with Crippen molar-refractivity contribution in [1.82, 2.24) is 15.5 Å².